The molecular weight excluding hydrogens is 198 g/mol. The minimum atomic E-state index is 0. The van der Waals surface area contributed by atoms with Crippen LogP contribution in [0, 0.1) is 11.8 Å². The Morgan fingerprint density at radius 3 is 2.12 bits per heavy atom. The quantitative estimate of drug-likeness (QED) is 0.680. The summed E-state index contributed by atoms with van der Waals surface area (Å²) in [5.74, 6) is 1.96. The monoisotopic (exact) mass is 225 g/mol. The van der Waals surface area contributed by atoms with Gasteiger partial charge in [-0.1, -0.05) is 31.4 Å². The van der Waals surface area contributed by atoms with E-state index in [-0.39, 0.29) is 5.48 Å². The SMILES string of the molecule is CCCC1=C(CC)CC2CN(C)C[C@H]2C1.O. The Bertz CT molecular complexity index is 259. The molecule has 0 aromatic carbocycles. The van der Waals surface area contributed by atoms with Gasteiger partial charge in [0.15, 0.2) is 0 Å². The van der Waals surface area contributed by atoms with Gasteiger partial charge >= 0.3 is 0 Å². The molecular formula is C14H27NO. The standard InChI is InChI=1S/C14H25N.H2O/c1-4-6-12-8-14-10-15(3)9-13(14)7-11(12)5-2;/h13-14H,4-10H2,1-3H3;1H2/t13?,14-;/m1./s1. The van der Waals surface area contributed by atoms with Crippen LogP contribution in [-0.4, -0.2) is 30.5 Å². The van der Waals surface area contributed by atoms with E-state index in [1.807, 2.05) is 5.57 Å². The first kappa shape index (κ1) is 13.7. The molecule has 2 rings (SSSR count). The third-order valence-electron chi connectivity index (χ3n) is 4.25. The van der Waals surface area contributed by atoms with E-state index >= 15 is 0 Å². The predicted molar refractivity (Wildman–Crippen MR) is 69.5 cm³/mol. The van der Waals surface area contributed by atoms with E-state index in [4.69, 9.17) is 0 Å². The molecule has 2 aliphatic rings. The molecule has 1 aliphatic carbocycles. The summed E-state index contributed by atoms with van der Waals surface area (Å²) >= 11 is 0. The molecule has 1 unspecified atom stereocenters. The van der Waals surface area contributed by atoms with Crippen molar-refractivity contribution in [3.05, 3.63) is 11.1 Å². The number of likely N-dealkylation sites (tertiary alicyclic amines) is 1. The molecule has 1 fully saturated rings. The van der Waals surface area contributed by atoms with Crippen LogP contribution >= 0.6 is 0 Å². The maximum Gasteiger partial charge on any atom is 0.00130 e. The third-order valence-corrected chi connectivity index (χ3v) is 4.25. The zero-order valence-electron chi connectivity index (χ0n) is 11.1. The Morgan fingerprint density at radius 1 is 1.06 bits per heavy atom. The Morgan fingerprint density at radius 2 is 1.62 bits per heavy atom. The first-order chi connectivity index (χ1) is 7.24. The fourth-order valence-corrected chi connectivity index (χ4v) is 3.53. The fraction of sp³-hybridized carbons (Fsp3) is 0.857. The van der Waals surface area contributed by atoms with E-state index < -0.39 is 0 Å². The van der Waals surface area contributed by atoms with Gasteiger partial charge < -0.3 is 10.4 Å². The Labute approximate surface area is 100 Å². The van der Waals surface area contributed by atoms with Crippen molar-refractivity contribution in [2.24, 2.45) is 11.8 Å². The number of rotatable bonds is 3. The normalized spacial score (nSPS) is 30.2. The van der Waals surface area contributed by atoms with E-state index in [0.717, 1.165) is 11.8 Å². The zero-order chi connectivity index (χ0) is 10.8. The molecule has 2 N–H and O–H groups in total. The number of fused-ring (bicyclic) bond motifs is 1. The molecule has 2 heteroatoms. The number of hydrogen-bond acceptors (Lipinski definition) is 1. The molecule has 0 bridgehead atoms. The first-order valence-electron chi connectivity index (χ1n) is 6.62. The molecule has 2 atom stereocenters. The van der Waals surface area contributed by atoms with Crippen LogP contribution in [0.3, 0.4) is 0 Å². The molecule has 0 spiro atoms. The van der Waals surface area contributed by atoms with Gasteiger partial charge in [0, 0.05) is 13.1 Å². The molecule has 1 saturated heterocycles. The second-order valence-electron chi connectivity index (χ2n) is 5.46. The molecule has 2 nitrogen and oxygen atoms in total. The maximum absolute atomic E-state index is 2.53. The molecule has 94 valence electrons. The zero-order valence-corrected chi connectivity index (χ0v) is 11.1. The highest BCUT2D eigenvalue weighted by Crippen LogP contribution is 2.41. The third kappa shape index (κ3) is 2.67. The van der Waals surface area contributed by atoms with E-state index in [9.17, 15) is 0 Å². The van der Waals surface area contributed by atoms with Gasteiger partial charge in [0.1, 0.15) is 0 Å². The molecule has 0 saturated carbocycles. The molecule has 1 heterocycles. The van der Waals surface area contributed by atoms with Crippen LogP contribution in [0.2, 0.25) is 0 Å². The fourth-order valence-electron chi connectivity index (χ4n) is 3.53. The average molecular weight is 225 g/mol. The summed E-state index contributed by atoms with van der Waals surface area (Å²) < 4.78 is 0. The van der Waals surface area contributed by atoms with Crippen molar-refractivity contribution in [1.29, 1.82) is 0 Å². The minimum Gasteiger partial charge on any atom is -0.412 e. The number of allylic oxidation sites excluding steroid dienone is 2. The van der Waals surface area contributed by atoms with Crippen molar-refractivity contribution in [2.75, 3.05) is 20.1 Å². The lowest BCUT2D eigenvalue weighted by molar-refractivity contribution is 0.377. The summed E-state index contributed by atoms with van der Waals surface area (Å²) in [5, 5.41) is 0. The van der Waals surface area contributed by atoms with Gasteiger partial charge in [-0.25, -0.2) is 0 Å². The van der Waals surface area contributed by atoms with Crippen molar-refractivity contribution in [3.63, 3.8) is 0 Å². The van der Waals surface area contributed by atoms with Gasteiger partial charge in [-0.3, -0.25) is 0 Å². The highest BCUT2D eigenvalue weighted by molar-refractivity contribution is 5.20. The molecule has 0 radical (unpaired) electrons. The van der Waals surface area contributed by atoms with Crippen LogP contribution in [-0.2, 0) is 0 Å². The van der Waals surface area contributed by atoms with Crippen molar-refractivity contribution in [3.8, 4) is 0 Å². The lowest BCUT2D eigenvalue weighted by Gasteiger charge is -2.29. The van der Waals surface area contributed by atoms with Crippen molar-refractivity contribution in [1.82, 2.24) is 4.90 Å². The molecule has 0 aromatic rings. The Kier molecular flexibility index (Phi) is 5.00. The Balaban J connectivity index is 0.00000128. The summed E-state index contributed by atoms with van der Waals surface area (Å²) in [7, 11) is 2.28. The van der Waals surface area contributed by atoms with Gasteiger partial charge in [-0.05, 0) is 44.6 Å². The van der Waals surface area contributed by atoms with Crippen LogP contribution in [0.15, 0.2) is 11.1 Å². The topological polar surface area (TPSA) is 34.7 Å². The first-order valence-corrected chi connectivity index (χ1v) is 6.62. The van der Waals surface area contributed by atoms with E-state index in [2.05, 4.69) is 25.8 Å². The van der Waals surface area contributed by atoms with Crippen LogP contribution in [0.1, 0.15) is 46.0 Å². The van der Waals surface area contributed by atoms with Gasteiger partial charge in [0.2, 0.25) is 0 Å². The van der Waals surface area contributed by atoms with Gasteiger partial charge in [0.05, 0.1) is 0 Å². The van der Waals surface area contributed by atoms with Gasteiger partial charge in [-0.2, -0.15) is 0 Å². The number of nitrogens with zero attached hydrogens (tertiary/aromatic N) is 1. The highest BCUT2D eigenvalue weighted by atomic mass is 16.0. The molecule has 0 amide bonds. The summed E-state index contributed by atoms with van der Waals surface area (Å²) in [6.45, 7) is 7.33. The van der Waals surface area contributed by atoms with E-state index in [1.54, 1.807) is 5.57 Å². The second kappa shape index (κ2) is 5.83. The summed E-state index contributed by atoms with van der Waals surface area (Å²) in [6.07, 6.45) is 6.79. The maximum atomic E-state index is 2.53. The summed E-state index contributed by atoms with van der Waals surface area (Å²) in [4.78, 5) is 2.53. The predicted octanol–water partition coefficient (Wildman–Crippen LogP) is 2.64. The van der Waals surface area contributed by atoms with Crippen LogP contribution < -0.4 is 0 Å². The van der Waals surface area contributed by atoms with E-state index in [1.165, 1.54) is 45.2 Å². The lowest BCUT2D eigenvalue weighted by Crippen LogP contribution is -2.20. The second-order valence-corrected chi connectivity index (χ2v) is 5.46. The van der Waals surface area contributed by atoms with Crippen LogP contribution in [0.5, 0.6) is 0 Å². The molecule has 0 aromatic heterocycles. The molecule has 16 heavy (non-hydrogen) atoms. The van der Waals surface area contributed by atoms with Crippen molar-refractivity contribution in [2.45, 2.75) is 46.0 Å². The smallest absolute Gasteiger partial charge is 0.00130 e. The lowest BCUT2D eigenvalue weighted by atomic mass is 9.76. The average Bonchev–Trinajstić information content (AvgIpc) is 2.56. The van der Waals surface area contributed by atoms with Crippen molar-refractivity contribution >= 4 is 0 Å². The number of hydrogen-bond donors (Lipinski definition) is 0. The molecule has 1 aliphatic heterocycles. The van der Waals surface area contributed by atoms with Crippen LogP contribution in [0.4, 0.5) is 0 Å². The summed E-state index contributed by atoms with van der Waals surface area (Å²) in [6, 6.07) is 0. The van der Waals surface area contributed by atoms with Crippen molar-refractivity contribution < 1.29 is 5.48 Å². The Hall–Kier alpha value is -0.340. The van der Waals surface area contributed by atoms with Crippen LogP contribution in [0.25, 0.3) is 0 Å². The van der Waals surface area contributed by atoms with Gasteiger partial charge in [0.25, 0.3) is 0 Å². The minimum absolute atomic E-state index is 0. The van der Waals surface area contributed by atoms with Gasteiger partial charge in [-0.15, -0.1) is 0 Å². The summed E-state index contributed by atoms with van der Waals surface area (Å²) in [5.41, 5.74) is 3.62. The van der Waals surface area contributed by atoms with E-state index in [0.29, 0.717) is 0 Å². The highest BCUT2D eigenvalue weighted by Gasteiger charge is 2.35. The largest absolute Gasteiger partial charge is 0.412 e.